The van der Waals surface area contributed by atoms with Crippen molar-refractivity contribution in [3.05, 3.63) is 58.3 Å². The molecule has 2 rings (SSSR count). The lowest BCUT2D eigenvalue weighted by atomic mass is 10.2. The molecule has 2 aromatic carbocycles. The molecule has 2 nitrogen and oxygen atoms in total. The van der Waals surface area contributed by atoms with Crippen LogP contribution in [-0.4, -0.2) is 7.11 Å². The third-order valence-corrected chi connectivity index (χ3v) is 3.36. The quantitative estimate of drug-likeness (QED) is 0.913. The predicted molar refractivity (Wildman–Crippen MR) is 74.4 cm³/mol. The number of halogens is 2. The van der Waals surface area contributed by atoms with Crippen molar-refractivity contribution in [3.8, 4) is 5.75 Å². The van der Waals surface area contributed by atoms with Gasteiger partial charge in [0.1, 0.15) is 11.6 Å². The molecule has 0 aliphatic rings. The molecular formula is C14H13BrFNO. The fraction of sp³-hybridized carbons (Fsp3) is 0.143. The highest BCUT2D eigenvalue weighted by molar-refractivity contribution is 9.10. The monoisotopic (exact) mass is 309 g/mol. The number of ether oxygens (including phenoxy) is 1. The highest BCUT2D eigenvalue weighted by atomic mass is 79.9. The van der Waals surface area contributed by atoms with Gasteiger partial charge in [0, 0.05) is 17.1 Å². The molecule has 0 atom stereocenters. The van der Waals surface area contributed by atoms with Crippen LogP contribution in [0.2, 0.25) is 0 Å². The first-order valence-electron chi connectivity index (χ1n) is 5.51. The van der Waals surface area contributed by atoms with E-state index < -0.39 is 0 Å². The maximum Gasteiger partial charge on any atom is 0.144 e. The molecule has 18 heavy (non-hydrogen) atoms. The van der Waals surface area contributed by atoms with Crippen LogP contribution in [0.25, 0.3) is 0 Å². The average Bonchev–Trinajstić information content (AvgIpc) is 2.39. The van der Waals surface area contributed by atoms with E-state index in [9.17, 15) is 4.39 Å². The third-order valence-electron chi connectivity index (χ3n) is 2.59. The van der Waals surface area contributed by atoms with Gasteiger partial charge in [-0.25, -0.2) is 4.39 Å². The zero-order valence-electron chi connectivity index (χ0n) is 9.91. The lowest BCUT2D eigenvalue weighted by Crippen LogP contribution is -2.02. The highest BCUT2D eigenvalue weighted by Gasteiger charge is 2.05. The Morgan fingerprint density at radius 3 is 2.72 bits per heavy atom. The van der Waals surface area contributed by atoms with Crippen molar-refractivity contribution in [2.75, 3.05) is 12.4 Å². The Kier molecular flexibility index (Phi) is 4.20. The van der Waals surface area contributed by atoms with Gasteiger partial charge in [0.25, 0.3) is 0 Å². The van der Waals surface area contributed by atoms with Gasteiger partial charge in [0.2, 0.25) is 0 Å². The molecule has 0 aromatic heterocycles. The van der Waals surface area contributed by atoms with Gasteiger partial charge in [-0.15, -0.1) is 0 Å². The summed E-state index contributed by atoms with van der Waals surface area (Å²) in [5.41, 5.74) is 1.90. The van der Waals surface area contributed by atoms with E-state index in [0.717, 1.165) is 15.7 Å². The lowest BCUT2D eigenvalue weighted by molar-refractivity contribution is 0.413. The van der Waals surface area contributed by atoms with Crippen molar-refractivity contribution < 1.29 is 9.13 Å². The fourth-order valence-corrected chi connectivity index (χ4v) is 2.07. The molecule has 0 aliphatic heterocycles. The second-order valence-electron chi connectivity index (χ2n) is 3.79. The normalized spacial score (nSPS) is 10.2. The average molecular weight is 310 g/mol. The molecule has 0 unspecified atom stereocenters. The van der Waals surface area contributed by atoms with Crippen molar-refractivity contribution in [2.45, 2.75) is 6.54 Å². The van der Waals surface area contributed by atoms with E-state index in [0.29, 0.717) is 12.3 Å². The van der Waals surface area contributed by atoms with Crippen LogP contribution in [0.4, 0.5) is 10.1 Å². The van der Waals surface area contributed by atoms with E-state index >= 15 is 0 Å². The molecule has 0 radical (unpaired) electrons. The van der Waals surface area contributed by atoms with E-state index in [1.807, 2.05) is 24.3 Å². The van der Waals surface area contributed by atoms with Crippen LogP contribution < -0.4 is 10.1 Å². The summed E-state index contributed by atoms with van der Waals surface area (Å²) in [4.78, 5) is 0. The van der Waals surface area contributed by atoms with Gasteiger partial charge in [0.05, 0.1) is 12.8 Å². The van der Waals surface area contributed by atoms with Gasteiger partial charge < -0.3 is 10.1 Å². The Bertz CT molecular complexity index is 545. The Morgan fingerprint density at radius 1 is 1.22 bits per heavy atom. The van der Waals surface area contributed by atoms with Crippen molar-refractivity contribution >= 4 is 21.6 Å². The zero-order valence-corrected chi connectivity index (χ0v) is 11.5. The Morgan fingerprint density at radius 2 is 2.00 bits per heavy atom. The third kappa shape index (κ3) is 3.01. The van der Waals surface area contributed by atoms with Crippen molar-refractivity contribution in [2.24, 2.45) is 0 Å². The SMILES string of the molecule is COc1cc(F)ccc1NCc1ccccc1Br. The summed E-state index contributed by atoms with van der Waals surface area (Å²) in [6.07, 6.45) is 0. The molecule has 0 amide bonds. The summed E-state index contributed by atoms with van der Waals surface area (Å²) < 4.78 is 19.2. The van der Waals surface area contributed by atoms with Crippen LogP contribution in [0.15, 0.2) is 46.9 Å². The minimum absolute atomic E-state index is 0.307. The Hall–Kier alpha value is -1.55. The maximum absolute atomic E-state index is 13.0. The number of benzene rings is 2. The number of hydrogen-bond acceptors (Lipinski definition) is 2. The van der Waals surface area contributed by atoms with E-state index in [-0.39, 0.29) is 5.82 Å². The molecule has 0 fully saturated rings. The number of rotatable bonds is 4. The van der Waals surface area contributed by atoms with Crippen LogP contribution in [0.5, 0.6) is 5.75 Å². The van der Waals surface area contributed by atoms with Crippen LogP contribution >= 0.6 is 15.9 Å². The second-order valence-corrected chi connectivity index (χ2v) is 4.64. The first-order chi connectivity index (χ1) is 8.70. The lowest BCUT2D eigenvalue weighted by Gasteiger charge is -2.12. The summed E-state index contributed by atoms with van der Waals surface area (Å²) in [5, 5.41) is 3.23. The highest BCUT2D eigenvalue weighted by Crippen LogP contribution is 2.26. The summed E-state index contributed by atoms with van der Waals surface area (Å²) in [6, 6.07) is 12.4. The molecule has 4 heteroatoms. The van der Waals surface area contributed by atoms with Gasteiger partial charge in [-0.05, 0) is 23.8 Å². The topological polar surface area (TPSA) is 21.3 Å². The van der Waals surface area contributed by atoms with Gasteiger partial charge in [-0.1, -0.05) is 34.1 Å². The van der Waals surface area contributed by atoms with E-state index in [4.69, 9.17) is 4.74 Å². The van der Waals surface area contributed by atoms with E-state index in [1.165, 1.54) is 19.2 Å². The van der Waals surface area contributed by atoms with Gasteiger partial charge in [0.15, 0.2) is 0 Å². The minimum atomic E-state index is -0.307. The van der Waals surface area contributed by atoms with Crippen LogP contribution in [-0.2, 0) is 6.54 Å². The second kappa shape index (κ2) is 5.87. The number of methoxy groups -OCH3 is 1. The van der Waals surface area contributed by atoms with Crippen molar-refractivity contribution in [1.82, 2.24) is 0 Å². The van der Waals surface area contributed by atoms with Gasteiger partial charge >= 0.3 is 0 Å². The van der Waals surface area contributed by atoms with E-state index in [2.05, 4.69) is 21.2 Å². The fourth-order valence-electron chi connectivity index (χ4n) is 1.64. The van der Waals surface area contributed by atoms with Crippen molar-refractivity contribution in [1.29, 1.82) is 0 Å². The number of nitrogens with one attached hydrogen (secondary N) is 1. The largest absolute Gasteiger partial charge is 0.494 e. The summed E-state index contributed by atoms with van der Waals surface area (Å²) in [7, 11) is 1.53. The molecule has 0 saturated heterocycles. The number of anilines is 1. The standard InChI is InChI=1S/C14H13BrFNO/c1-18-14-8-11(16)6-7-13(14)17-9-10-4-2-3-5-12(10)15/h2-8,17H,9H2,1H3. The molecule has 0 saturated carbocycles. The van der Waals surface area contributed by atoms with Crippen molar-refractivity contribution in [3.63, 3.8) is 0 Å². The Balaban J connectivity index is 2.13. The van der Waals surface area contributed by atoms with Gasteiger partial charge in [-0.2, -0.15) is 0 Å². The Labute approximate surface area is 114 Å². The van der Waals surface area contributed by atoms with Crippen LogP contribution in [0.3, 0.4) is 0 Å². The first-order valence-corrected chi connectivity index (χ1v) is 6.31. The molecule has 0 bridgehead atoms. The maximum atomic E-state index is 13.0. The summed E-state index contributed by atoms with van der Waals surface area (Å²) in [6.45, 7) is 0.642. The molecule has 94 valence electrons. The molecule has 0 spiro atoms. The minimum Gasteiger partial charge on any atom is -0.494 e. The van der Waals surface area contributed by atoms with Crippen LogP contribution in [0, 0.1) is 5.82 Å². The van der Waals surface area contributed by atoms with Crippen LogP contribution in [0.1, 0.15) is 5.56 Å². The molecular weight excluding hydrogens is 297 g/mol. The molecule has 0 aliphatic carbocycles. The first kappa shape index (κ1) is 12.9. The number of hydrogen-bond donors (Lipinski definition) is 1. The summed E-state index contributed by atoms with van der Waals surface area (Å²) >= 11 is 3.49. The summed E-state index contributed by atoms with van der Waals surface area (Å²) in [5.74, 6) is 0.195. The van der Waals surface area contributed by atoms with E-state index in [1.54, 1.807) is 6.07 Å². The molecule has 2 aromatic rings. The predicted octanol–water partition coefficient (Wildman–Crippen LogP) is 4.21. The molecule has 0 heterocycles. The van der Waals surface area contributed by atoms with Gasteiger partial charge in [-0.3, -0.25) is 0 Å². The molecule has 1 N–H and O–H groups in total. The smallest absolute Gasteiger partial charge is 0.144 e. The zero-order chi connectivity index (χ0) is 13.0.